The van der Waals surface area contributed by atoms with Crippen LogP contribution in [0.1, 0.15) is 20.8 Å². The molecule has 0 aliphatic heterocycles. The van der Waals surface area contributed by atoms with Gasteiger partial charge >= 0.3 is 0 Å². The van der Waals surface area contributed by atoms with Crippen LogP contribution in [0.15, 0.2) is 12.1 Å². The van der Waals surface area contributed by atoms with Gasteiger partial charge in [-0.2, -0.15) is 11.1 Å². The lowest BCUT2D eigenvalue weighted by atomic mass is 10.3. The fraction of sp³-hybridized carbons (Fsp3) is 0.500. The van der Waals surface area contributed by atoms with E-state index in [-0.39, 0.29) is 0 Å². The molecule has 5 heteroatoms. The second-order valence-corrected chi connectivity index (χ2v) is 5.14. The van der Waals surface area contributed by atoms with Gasteiger partial charge < -0.3 is 14.2 Å². The van der Waals surface area contributed by atoms with E-state index in [1.165, 1.54) is 0 Å². The largest absolute Gasteiger partial charge is 0.490 e. The number of hydrogen-bond donors (Lipinski definition) is 0. The Morgan fingerprint density at radius 3 is 2.06 bits per heavy atom. The summed E-state index contributed by atoms with van der Waals surface area (Å²) in [5.74, 6) is 2.16. The molecule has 1 rings (SSSR count). The van der Waals surface area contributed by atoms with Crippen molar-refractivity contribution in [2.45, 2.75) is 20.8 Å². The number of halogens is 1. The molecular weight excluding hydrogens is 256 g/mol. The minimum Gasteiger partial charge on any atom is -0.490 e. The number of benzene rings is 1. The first-order valence-corrected chi connectivity index (χ1v) is 8.73. The molecular formula is C12H19ClO3Si. The molecule has 0 aliphatic carbocycles. The predicted octanol–water partition coefficient (Wildman–Crippen LogP) is 1.83. The molecule has 0 radical (unpaired) electrons. The van der Waals surface area contributed by atoms with Gasteiger partial charge in [0.2, 0.25) is 5.75 Å². The van der Waals surface area contributed by atoms with Crippen molar-refractivity contribution in [3.63, 3.8) is 0 Å². The van der Waals surface area contributed by atoms with Gasteiger partial charge in [-0.15, -0.1) is 0 Å². The van der Waals surface area contributed by atoms with Crippen LogP contribution in [0.4, 0.5) is 0 Å². The highest BCUT2D eigenvalue weighted by Crippen LogP contribution is 2.36. The molecule has 0 amide bonds. The van der Waals surface area contributed by atoms with Crippen LogP contribution in [0.5, 0.6) is 17.2 Å². The molecule has 96 valence electrons. The molecule has 0 saturated heterocycles. The number of ether oxygens (including phenoxy) is 3. The van der Waals surface area contributed by atoms with Gasteiger partial charge in [0.1, 0.15) is 0 Å². The summed E-state index contributed by atoms with van der Waals surface area (Å²) in [7, 11) is -0.815. The standard InChI is InChI=1S/C12H19ClO3Si/c1-4-14-9-7-8-10(17-13)12(16-6-3)11(9)15-5-2/h7-8H,4-6,17H2,1-3H3. The van der Waals surface area contributed by atoms with Gasteiger partial charge in [-0.1, -0.05) is 6.07 Å². The summed E-state index contributed by atoms with van der Waals surface area (Å²) in [6.45, 7) is 7.60. The molecule has 0 atom stereocenters. The molecule has 0 N–H and O–H groups in total. The Morgan fingerprint density at radius 2 is 1.53 bits per heavy atom. The molecule has 0 heterocycles. The second-order valence-electron chi connectivity index (χ2n) is 3.31. The van der Waals surface area contributed by atoms with E-state index in [0.717, 1.165) is 16.7 Å². The van der Waals surface area contributed by atoms with Crippen LogP contribution >= 0.6 is 11.1 Å². The highest BCUT2D eigenvalue weighted by molar-refractivity contribution is 7.01. The third-order valence-corrected chi connectivity index (χ3v) is 3.89. The number of rotatable bonds is 7. The summed E-state index contributed by atoms with van der Waals surface area (Å²) in [6, 6.07) is 3.87. The maximum absolute atomic E-state index is 6.03. The summed E-state index contributed by atoms with van der Waals surface area (Å²) in [5.41, 5.74) is 0. The third kappa shape index (κ3) is 3.54. The van der Waals surface area contributed by atoms with E-state index in [2.05, 4.69) is 0 Å². The summed E-state index contributed by atoms with van der Waals surface area (Å²) >= 11 is 6.03. The van der Waals surface area contributed by atoms with Gasteiger partial charge in [0.25, 0.3) is 0 Å². The Balaban J connectivity index is 3.20. The highest BCUT2D eigenvalue weighted by Gasteiger charge is 2.16. The van der Waals surface area contributed by atoms with E-state index in [1.807, 2.05) is 32.9 Å². The summed E-state index contributed by atoms with van der Waals surface area (Å²) in [4.78, 5) is 0. The van der Waals surface area contributed by atoms with Gasteiger partial charge in [0.15, 0.2) is 20.3 Å². The topological polar surface area (TPSA) is 27.7 Å². The molecule has 0 saturated carbocycles. The summed E-state index contributed by atoms with van der Waals surface area (Å²) in [6.07, 6.45) is 0. The zero-order valence-electron chi connectivity index (χ0n) is 10.6. The van der Waals surface area contributed by atoms with E-state index in [0.29, 0.717) is 25.6 Å². The van der Waals surface area contributed by atoms with Crippen LogP contribution < -0.4 is 19.4 Å². The molecule has 0 unspecified atom stereocenters. The summed E-state index contributed by atoms with van der Waals surface area (Å²) < 4.78 is 16.8. The van der Waals surface area contributed by atoms with Crippen molar-refractivity contribution in [3.8, 4) is 17.2 Å². The predicted molar refractivity (Wildman–Crippen MR) is 74.0 cm³/mol. The highest BCUT2D eigenvalue weighted by atomic mass is 35.6. The molecule has 0 spiro atoms. The van der Waals surface area contributed by atoms with Gasteiger partial charge in [0, 0.05) is 0 Å². The Labute approximate surface area is 110 Å². The van der Waals surface area contributed by atoms with Crippen molar-refractivity contribution in [3.05, 3.63) is 12.1 Å². The lowest BCUT2D eigenvalue weighted by Gasteiger charge is -2.17. The average molecular weight is 275 g/mol. The monoisotopic (exact) mass is 274 g/mol. The van der Waals surface area contributed by atoms with Crippen LogP contribution in [0.3, 0.4) is 0 Å². The first kappa shape index (κ1) is 14.2. The van der Waals surface area contributed by atoms with Gasteiger partial charge in [-0.3, -0.25) is 0 Å². The first-order valence-electron chi connectivity index (χ1n) is 5.88. The Kier molecular flexibility index (Phi) is 6.22. The minimum absolute atomic E-state index is 0.577. The van der Waals surface area contributed by atoms with Crippen LogP contribution in [-0.2, 0) is 0 Å². The SMILES string of the molecule is CCOc1ccc([SiH2]Cl)c(OCC)c1OCC. The fourth-order valence-electron chi connectivity index (χ4n) is 1.54. The zero-order chi connectivity index (χ0) is 12.7. The fourth-order valence-corrected chi connectivity index (χ4v) is 2.77. The van der Waals surface area contributed by atoms with Crippen molar-refractivity contribution in [1.82, 2.24) is 0 Å². The first-order chi connectivity index (χ1) is 8.28. The van der Waals surface area contributed by atoms with Crippen LogP contribution in [-0.4, -0.2) is 28.7 Å². The van der Waals surface area contributed by atoms with E-state index >= 15 is 0 Å². The van der Waals surface area contributed by atoms with Crippen LogP contribution in [0, 0.1) is 0 Å². The molecule has 17 heavy (non-hydrogen) atoms. The van der Waals surface area contributed by atoms with E-state index in [1.54, 1.807) is 0 Å². The third-order valence-electron chi connectivity index (χ3n) is 2.18. The molecule has 1 aromatic carbocycles. The molecule has 0 bridgehead atoms. The molecule has 1 aromatic rings. The van der Waals surface area contributed by atoms with Crippen molar-refractivity contribution < 1.29 is 14.2 Å². The normalized spacial score (nSPS) is 10.8. The lowest BCUT2D eigenvalue weighted by Crippen LogP contribution is -2.16. The maximum Gasteiger partial charge on any atom is 0.203 e. The van der Waals surface area contributed by atoms with Gasteiger partial charge in [-0.25, -0.2) is 0 Å². The Bertz CT molecular complexity index is 358. The maximum atomic E-state index is 6.03. The van der Waals surface area contributed by atoms with Gasteiger partial charge in [0.05, 0.1) is 19.8 Å². The van der Waals surface area contributed by atoms with E-state index in [9.17, 15) is 0 Å². The second kappa shape index (κ2) is 7.45. The van der Waals surface area contributed by atoms with Crippen LogP contribution in [0.2, 0.25) is 0 Å². The van der Waals surface area contributed by atoms with Crippen molar-refractivity contribution in [2.75, 3.05) is 19.8 Å². The Morgan fingerprint density at radius 1 is 0.941 bits per heavy atom. The van der Waals surface area contributed by atoms with E-state index < -0.39 is 8.83 Å². The van der Waals surface area contributed by atoms with Crippen molar-refractivity contribution >= 4 is 25.1 Å². The van der Waals surface area contributed by atoms with Crippen molar-refractivity contribution in [2.24, 2.45) is 0 Å². The molecule has 0 aliphatic rings. The molecule has 0 aromatic heterocycles. The molecule has 3 nitrogen and oxygen atoms in total. The smallest absolute Gasteiger partial charge is 0.203 e. The Hall–Kier alpha value is -0.873. The zero-order valence-corrected chi connectivity index (χ0v) is 12.8. The van der Waals surface area contributed by atoms with Crippen molar-refractivity contribution in [1.29, 1.82) is 0 Å². The molecule has 0 fully saturated rings. The van der Waals surface area contributed by atoms with Crippen LogP contribution in [0.25, 0.3) is 0 Å². The quantitative estimate of drug-likeness (QED) is 0.561. The number of hydrogen-bond acceptors (Lipinski definition) is 3. The van der Waals surface area contributed by atoms with E-state index in [4.69, 9.17) is 25.3 Å². The lowest BCUT2D eigenvalue weighted by molar-refractivity contribution is 0.262. The minimum atomic E-state index is -0.815. The summed E-state index contributed by atoms with van der Waals surface area (Å²) in [5, 5.41) is 1.06. The van der Waals surface area contributed by atoms with Gasteiger partial charge in [-0.05, 0) is 32.0 Å². The average Bonchev–Trinajstić information content (AvgIpc) is 2.34.